The second-order valence-corrected chi connectivity index (χ2v) is 10.2. The van der Waals surface area contributed by atoms with Crippen LogP contribution < -0.4 is 20.1 Å². The quantitative estimate of drug-likeness (QED) is 0.443. The van der Waals surface area contributed by atoms with E-state index in [2.05, 4.69) is 30.9 Å². The van der Waals surface area contributed by atoms with Crippen LogP contribution in [0.5, 0.6) is 0 Å². The summed E-state index contributed by atoms with van der Waals surface area (Å²) in [6.07, 6.45) is 0. The van der Waals surface area contributed by atoms with Crippen molar-refractivity contribution in [3.05, 3.63) is 42.7 Å². The van der Waals surface area contributed by atoms with Crippen molar-refractivity contribution < 1.29 is 16.8 Å². The fourth-order valence-electron chi connectivity index (χ4n) is 1.04. The molecule has 0 aliphatic heterocycles. The van der Waals surface area contributed by atoms with Gasteiger partial charge in [0.05, 0.1) is 8.67 Å². The molecule has 0 atom stereocenters. The number of thiophene rings is 2. The number of hydrogen-bond acceptors (Lipinski definition) is 6. The van der Waals surface area contributed by atoms with Gasteiger partial charge in [-0.1, -0.05) is 39.1 Å². The van der Waals surface area contributed by atoms with Crippen molar-refractivity contribution >= 4 is 82.2 Å². The van der Waals surface area contributed by atoms with Crippen LogP contribution in [-0.2, 0) is 32.3 Å². The number of nitrogens with one attached hydrogen (secondary N) is 1. The summed E-state index contributed by atoms with van der Waals surface area (Å²) in [5.74, 6) is 0. The molecule has 25 heavy (non-hydrogen) atoms. The molecule has 0 radical (unpaired) electrons. The van der Waals surface area contributed by atoms with Gasteiger partial charge in [0, 0.05) is 11.9 Å². The van der Waals surface area contributed by atoms with Crippen LogP contribution in [0.15, 0.2) is 22.9 Å². The maximum atomic E-state index is 10.5. The smallest absolute Gasteiger partial charge is 0.216 e. The molecule has 7 N–H and O–H groups in total. The maximum Gasteiger partial charge on any atom is 0.274 e. The largest absolute Gasteiger partial charge is 0.274 e. The van der Waals surface area contributed by atoms with Crippen LogP contribution in [0.4, 0.5) is 0 Å². The summed E-state index contributed by atoms with van der Waals surface area (Å²) in [7, 11) is -7.29. The molecule has 144 valence electrons. The van der Waals surface area contributed by atoms with Crippen LogP contribution >= 0.6 is 61.8 Å². The zero-order valence-electron chi connectivity index (χ0n) is 12.4. The van der Waals surface area contributed by atoms with Gasteiger partial charge < -0.3 is 0 Å². The molecule has 8 nitrogen and oxygen atoms in total. The van der Waals surface area contributed by atoms with Crippen molar-refractivity contribution in [3.63, 3.8) is 0 Å². The lowest BCUT2D eigenvalue weighted by molar-refractivity contribution is 0.583. The van der Waals surface area contributed by atoms with E-state index in [1.54, 1.807) is 22.8 Å². The van der Waals surface area contributed by atoms with Gasteiger partial charge in [-0.2, -0.15) is 21.6 Å². The van der Waals surface area contributed by atoms with Gasteiger partial charge in [0.15, 0.2) is 0 Å². The first-order chi connectivity index (χ1) is 11.3. The van der Waals surface area contributed by atoms with E-state index in [-0.39, 0.29) is 6.54 Å². The fraction of sp³-hybridized carbons (Fsp3) is 0.200. The molecule has 2 rings (SSSR count). The summed E-state index contributed by atoms with van der Waals surface area (Å²) in [6.45, 7) is 0.140. The predicted octanol–water partition coefficient (Wildman–Crippen LogP) is 2.14. The Hall–Kier alpha value is 0.200. The van der Waals surface area contributed by atoms with Gasteiger partial charge in [0.1, 0.15) is 0 Å². The second kappa shape index (κ2) is 11.8. The van der Waals surface area contributed by atoms with Crippen molar-refractivity contribution in [3.8, 4) is 0 Å². The minimum absolute atomic E-state index is 0.140. The molecular weight excluding hydrogens is 519 g/mol. The third-order valence-electron chi connectivity index (χ3n) is 1.99. The number of halogens is 3. The van der Waals surface area contributed by atoms with Crippen LogP contribution in [0.3, 0.4) is 0 Å². The van der Waals surface area contributed by atoms with Gasteiger partial charge in [-0.05, 0) is 34.0 Å². The highest BCUT2D eigenvalue weighted by molar-refractivity contribution is 9.08. The van der Waals surface area contributed by atoms with Gasteiger partial charge in [-0.25, -0.2) is 15.4 Å². The average Bonchev–Trinajstić information content (AvgIpc) is 3.02. The highest BCUT2D eigenvalue weighted by Crippen LogP contribution is 2.24. The van der Waals surface area contributed by atoms with Gasteiger partial charge in [-0.15, -0.1) is 22.7 Å². The zero-order valence-corrected chi connectivity index (χ0v) is 18.7. The van der Waals surface area contributed by atoms with Crippen LogP contribution in [0.1, 0.15) is 11.1 Å². The van der Waals surface area contributed by atoms with Gasteiger partial charge in [0.25, 0.3) is 20.4 Å². The number of alkyl halides is 1. The summed E-state index contributed by atoms with van der Waals surface area (Å²) >= 11 is 17.7. The lowest BCUT2D eigenvalue weighted by atomic mass is 10.3. The number of rotatable bonds is 4. The van der Waals surface area contributed by atoms with E-state index in [4.69, 9.17) is 28.3 Å². The Morgan fingerprint density at radius 2 is 1.36 bits per heavy atom. The number of hydrogen-bond donors (Lipinski definition) is 4. The molecule has 2 heterocycles. The summed E-state index contributed by atoms with van der Waals surface area (Å²) in [5.41, 5.74) is 1.91. The molecule has 0 spiro atoms. The Morgan fingerprint density at radius 3 is 1.60 bits per heavy atom. The summed E-state index contributed by atoms with van der Waals surface area (Å²) in [6, 6.07) is 3.76. The Morgan fingerprint density at radius 1 is 0.960 bits per heavy atom. The first-order valence-electron chi connectivity index (χ1n) is 5.91. The minimum atomic E-state index is -3.67. The molecule has 0 bridgehead atoms. The monoisotopic (exact) mass is 532 g/mol. The molecule has 0 fully saturated rings. The average molecular weight is 534 g/mol. The van der Waals surface area contributed by atoms with Crippen molar-refractivity contribution in [1.29, 1.82) is 0 Å². The van der Waals surface area contributed by atoms with E-state index in [1.807, 2.05) is 11.4 Å². The lowest BCUT2D eigenvalue weighted by Gasteiger charge is -1.99. The highest BCUT2D eigenvalue weighted by Gasteiger charge is 2.04. The summed E-state index contributed by atoms with van der Waals surface area (Å²) in [4.78, 5) is 0. The van der Waals surface area contributed by atoms with Crippen LogP contribution in [0.2, 0.25) is 8.67 Å². The second-order valence-electron chi connectivity index (χ2n) is 4.03. The first-order valence-corrected chi connectivity index (χ1v) is 12.7. The summed E-state index contributed by atoms with van der Waals surface area (Å²) < 4.78 is 42.9. The zero-order chi connectivity index (χ0) is 19.7. The van der Waals surface area contributed by atoms with E-state index in [1.165, 1.54) is 16.9 Å². The standard InChI is InChI=1S/C5H4BrClS.C5H7ClN2O2S2.H4N2O2S/c6-3-4-1-2-8-5(4)7;6-5-4(1-2-11-5)3-8-12(7,9)10;1-5(2,3)4/h1-2H,3H2;1-2,8H,3H2,(H2,7,9,10);(H4,1,2,3,4). The molecule has 0 saturated heterocycles. The molecule has 2 aromatic rings. The first kappa shape index (κ1) is 25.2. The van der Waals surface area contributed by atoms with Crippen LogP contribution in [-0.4, -0.2) is 16.8 Å². The third kappa shape index (κ3) is 15.0. The van der Waals surface area contributed by atoms with E-state index in [9.17, 15) is 16.8 Å². The maximum absolute atomic E-state index is 10.5. The molecule has 0 aromatic carbocycles. The van der Waals surface area contributed by atoms with E-state index in [0.717, 1.165) is 15.2 Å². The molecule has 15 heteroatoms. The van der Waals surface area contributed by atoms with Gasteiger partial charge >= 0.3 is 0 Å². The van der Waals surface area contributed by atoms with Crippen molar-refractivity contribution in [2.24, 2.45) is 15.4 Å². The Bertz CT molecular complexity index is 846. The summed E-state index contributed by atoms with van der Waals surface area (Å²) in [5, 5.41) is 17.6. The SMILES string of the molecule is Clc1sccc1CBr.NS(=O)(=O)NCc1ccsc1Cl.NS(N)(=O)=O. The minimum Gasteiger partial charge on any atom is -0.216 e. The van der Waals surface area contributed by atoms with Crippen molar-refractivity contribution in [2.45, 2.75) is 11.9 Å². The molecular formula is C10H15BrCl2N4O4S4. The van der Waals surface area contributed by atoms with Crippen molar-refractivity contribution in [1.82, 2.24) is 4.72 Å². The Kier molecular flexibility index (Phi) is 11.9. The van der Waals surface area contributed by atoms with Crippen LogP contribution in [0.25, 0.3) is 0 Å². The topological polar surface area (TPSA) is 158 Å². The molecule has 0 aliphatic rings. The Labute approximate surface area is 172 Å². The predicted molar refractivity (Wildman–Crippen MR) is 109 cm³/mol. The molecule has 0 amide bonds. The molecule has 0 unspecified atom stereocenters. The van der Waals surface area contributed by atoms with E-state index < -0.39 is 20.4 Å². The van der Waals surface area contributed by atoms with Gasteiger partial charge in [0.2, 0.25) is 0 Å². The third-order valence-corrected chi connectivity index (χ3v) is 5.65. The Balaban J connectivity index is 0.000000382. The highest BCUT2D eigenvalue weighted by atomic mass is 79.9. The lowest BCUT2D eigenvalue weighted by Crippen LogP contribution is -2.30. The molecule has 0 aliphatic carbocycles. The van der Waals surface area contributed by atoms with E-state index >= 15 is 0 Å². The normalized spacial score (nSPS) is 11.1. The van der Waals surface area contributed by atoms with Crippen LogP contribution in [0, 0.1) is 0 Å². The molecule has 2 aromatic heterocycles. The van der Waals surface area contributed by atoms with Gasteiger partial charge in [-0.3, -0.25) is 0 Å². The fourth-order valence-corrected chi connectivity index (χ4v) is 4.06. The molecule has 0 saturated carbocycles. The number of nitrogens with two attached hydrogens (primary N) is 3. The van der Waals surface area contributed by atoms with Crippen molar-refractivity contribution in [2.75, 3.05) is 0 Å². The van der Waals surface area contributed by atoms with E-state index in [0.29, 0.717) is 4.34 Å².